The molecule has 1 N–H and O–H groups in total. The van der Waals surface area contributed by atoms with Crippen molar-refractivity contribution >= 4 is 11.6 Å². The van der Waals surface area contributed by atoms with Crippen molar-refractivity contribution in [2.24, 2.45) is 0 Å². The van der Waals surface area contributed by atoms with Gasteiger partial charge in [-0.25, -0.2) is 0 Å². The van der Waals surface area contributed by atoms with Gasteiger partial charge < -0.3 is 19.6 Å². The third-order valence-electron chi connectivity index (χ3n) is 6.26. The van der Waals surface area contributed by atoms with E-state index in [0.717, 1.165) is 55.8 Å². The summed E-state index contributed by atoms with van der Waals surface area (Å²) in [7, 11) is 1.67. The molecule has 5 nitrogen and oxygen atoms in total. The van der Waals surface area contributed by atoms with E-state index in [1.807, 2.05) is 41.3 Å². The van der Waals surface area contributed by atoms with Crippen LogP contribution >= 0.6 is 0 Å². The molecular formula is C26H30N2O3. The average molecular weight is 419 g/mol. The summed E-state index contributed by atoms with van der Waals surface area (Å²) in [6, 6.07) is 15.5. The number of benzene rings is 2. The molecule has 0 spiro atoms. The van der Waals surface area contributed by atoms with E-state index in [1.54, 1.807) is 7.11 Å². The Morgan fingerprint density at radius 3 is 2.19 bits per heavy atom. The molecule has 1 saturated carbocycles. The van der Waals surface area contributed by atoms with Crippen molar-refractivity contribution in [3.05, 3.63) is 59.7 Å². The number of rotatable bonds is 3. The highest BCUT2D eigenvalue weighted by molar-refractivity contribution is 5.94. The molecule has 1 aliphatic carbocycles. The van der Waals surface area contributed by atoms with E-state index in [2.05, 4.69) is 28.9 Å². The molecule has 2 fully saturated rings. The van der Waals surface area contributed by atoms with Crippen LogP contribution in [0.2, 0.25) is 0 Å². The second-order valence-electron chi connectivity index (χ2n) is 8.40. The monoisotopic (exact) mass is 418 g/mol. The van der Waals surface area contributed by atoms with E-state index in [0.29, 0.717) is 18.7 Å². The molecule has 0 radical (unpaired) electrons. The summed E-state index contributed by atoms with van der Waals surface area (Å²) in [5.74, 6) is 7.04. The summed E-state index contributed by atoms with van der Waals surface area (Å²) in [6.45, 7) is 3.00. The lowest BCUT2D eigenvalue weighted by Gasteiger charge is -2.36. The number of piperazine rings is 1. The molecule has 1 aliphatic heterocycles. The highest BCUT2D eigenvalue weighted by Crippen LogP contribution is 2.27. The van der Waals surface area contributed by atoms with Crippen LogP contribution in [0, 0.1) is 11.8 Å². The molecular weight excluding hydrogens is 388 g/mol. The van der Waals surface area contributed by atoms with Gasteiger partial charge in [-0.2, -0.15) is 0 Å². The van der Waals surface area contributed by atoms with Gasteiger partial charge in [0.2, 0.25) is 0 Å². The molecule has 162 valence electrons. The zero-order valence-corrected chi connectivity index (χ0v) is 18.1. The van der Waals surface area contributed by atoms with E-state index in [9.17, 15) is 9.90 Å². The predicted molar refractivity (Wildman–Crippen MR) is 122 cm³/mol. The highest BCUT2D eigenvalue weighted by atomic mass is 16.5. The molecule has 1 saturated heterocycles. The molecule has 0 aromatic heterocycles. The first kappa shape index (κ1) is 21.3. The lowest BCUT2D eigenvalue weighted by Crippen LogP contribution is -2.48. The fourth-order valence-electron chi connectivity index (χ4n) is 4.29. The topological polar surface area (TPSA) is 53.0 Å². The zero-order chi connectivity index (χ0) is 21.7. The Hall–Kier alpha value is -2.97. The molecule has 0 unspecified atom stereocenters. The van der Waals surface area contributed by atoms with E-state index in [1.165, 1.54) is 6.42 Å². The van der Waals surface area contributed by atoms with Crippen LogP contribution < -0.4 is 9.64 Å². The van der Waals surface area contributed by atoms with Crippen LogP contribution in [0.1, 0.15) is 48.0 Å². The van der Waals surface area contributed by atoms with Crippen LogP contribution in [-0.2, 0) is 0 Å². The van der Waals surface area contributed by atoms with E-state index in [-0.39, 0.29) is 5.91 Å². The standard InChI is InChI=1S/C26H30N2O3/c1-31-24-11-9-23(10-12-24)27-17-19-28(20-18-27)25(29)22-7-5-21(6-8-22)13-16-26(30)14-3-2-4-15-26/h5-12,30H,2-4,14-15,17-20H2,1H3. The zero-order valence-electron chi connectivity index (χ0n) is 18.1. The van der Waals surface area contributed by atoms with Crippen molar-refractivity contribution < 1.29 is 14.6 Å². The fourth-order valence-corrected chi connectivity index (χ4v) is 4.29. The highest BCUT2D eigenvalue weighted by Gasteiger charge is 2.26. The van der Waals surface area contributed by atoms with E-state index in [4.69, 9.17) is 4.74 Å². The third-order valence-corrected chi connectivity index (χ3v) is 6.26. The lowest BCUT2D eigenvalue weighted by atomic mass is 9.85. The van der Waals surface area contributed by atoms with Gasteiger partial charge in [0.1, 0.15) is 11.4 Å². The van der Waals surface area contributed by atoms with Gasteiger partial charge in [-0.05, 0) is 74.2 Å². The second kappa shape index (κ2) is 9.45. The number of carbonyl (C=O) groups is 1. The number of hydrogen-bond acceptors (Lipinski definition) is 4. The van der Waals surface area contributed by atoms with Crippen LogP contribution in [0.5, 0.6) is 5.75 Å². The smallest absolute Gasteiger partial charge is 0.253 e. The van der Waals surface area contributed by atoms with Gasteiger partial charge in [0.25, 0.3) is 5.91 Å². The van der Waals surface area contributed by atoms with Crippen molar-refractivity contribution in [1.29, 1.82) is 0 Å². The first-order valence-corrected chi connectivity index (χ1v) is 11.1. The second-order valence-corrected chi connectivity index (χ2v) is 8.40. The summed E-state index contributed by atoms with van der Waals surface area (Å²) in [5, 5.41) is 10.5. The number of nitrogens with zero attached hydrogens (tertiary/aromatic N) is 2. The number of aliphatic hydroxyl groups is 1. The molecule has 2 aromatic carbocycles. The molecule has 0 bridgehead atoms. The predicted octanol–water partition coefficient (Wildman–Crippen LogP) is 3.70. The van der Waals surface area contributed by atoms with Gasteiger partial charge in [0.15, 0.2) is 0 Å². The first-order valence-electron chi connectivity index (χ1n) is 11.1. The summed E-state index contributed by atoms with van der Waals surface area (Å²) in [5.41, 5.74) is 1.81. The summed E-state index contributed by atoms with van der Waals surface area (Å²) in [6.07, 6.45) is 4.74. The van der Waals surface area contributed by atoms with Gasteiger partial charge in [-0.3, -0.25) is 4.79 Å². The molecule has 4 rings (SSSR count). The summed E-state index contributed by atoms with van der Waals surface area (Å²) >= 11 is 0. The van der Waals surface area contributed by atoms with Crippen molar-refractivity contribution in [2.75, 3.05) is 38.2 Å². The molecule has 1 heterocycles. The minimum absolute atomic E-state index is 0.0554. The number of amides is 1. The Bertz CT molecular complexity index is 943. The normalized spacial score (nSPS) is 18.1. The number of carbonyl (C=O) groups excluding carboxylic acids is 1. The number of hydrogen-bond donors (Lipinski definition) is 1. The molecule has 5 heteroatoms. The van der Waals surface area contributed by atoms with Gasteiger partial charge in [0.05, 0.1) is 7.11 Å². The lowest BCUT2D eigenvalue weighted by molar-refractivity contribution is 0.0610. The summed E-state index contributed by atoms with van der Waals surface area (Å²) < 4.78 is 5.22. The molecule has 0 atom stereocenters. The molecule has 2 aromatic rings. The van der Waals surface area contributed by atoms with Gasteiger partial charge in [0, 0.05) is 43.0 Å². The van der Waals surface area contributed by atoms with Crippen molar-refractivity contribution in [3.63, 3.8) is 0 Å². The van der Waals surface area contributed by atoms with E-state index < -0.39 is 5.60 Å². The number of methoxy groups -OCH3 is 1. The minimum atomic E-state index is -0.851. The van der Waals surface area contributed by atoms with Crippen LogP contribution in [0.15, 0.2) is 48.5 Å². The van der Waals surface area contributed by atoms with Crippen LogP contribution in [0.4, 0.5) is 5.69 Å². The minimum Gasteiger partial charge on any atom is -0.497 e. The summed E-state index contributed by atoms with van der Waals surface area (Å²) in [4.78, 5) is 17.1. The SMILES string of the molecule is COc1ccc(N2CCN(C(=O)c3ccc(C#CC4(O)CCCCC4)cc3)CC2)cc1. The van der Waals surface area contributed by atoms with Crippen molar-refractivity contribution in [3.8, 4) is 17.6 Å². The van der Waals surface area contributed by atoms with Gasteiger partial charge >= 0.3 is 0 Å². The Morgan fingerprint density at radius 1 is 0.935 bits per heavy atom. The molecule has 31 heavy (non-hydrogen) atoms. The van der Waals surface area contributed by atoms with Crippen LogP contribution in [0.3, 0.4) is 0 Å². The quantitative estimate of drug-likeness (QED) is 0.773. The van der Waals surface area contributed by atoms with E-state index >= 15 is 0 Å². The molecule has 1 amide bonds. The fraction of sp³-hybridized carbons (Fsp3) is 0.423. The van der Waals surface area contributed by atoms with Crippen molar-refractivity contribution in [2.45, 2.75) is 37.7 Å². The van der Waals surface area contributed by atoms with Gasteiger partial charge in [-0.15, -0.1) is 0 Å². The Kier molecular flexibility index (Phi) is 6.48. The average Bonchev–Trinajstić information content (AvgIpc) is 2.83. The van der Waals surface area contributed by atoms with Crippen LogP contribution in [-0.4, -0.2) is 54.8 Å². The largest absolute Gasteiger partial charge is 0.497 e. The first-order chi connectivity index (χ1) is 15.1. The number of ether oxygens (including phenoxy) is 1. The Morgan fingerprint density at radius 2 is 1.58 bits per heavy atom. The maximum absolute atomic E-state index is 12.9. The molecule has 2 aliphatic rings. The third kappa shape index (κ3) is 5.21. The maximum Gasteiger partial charge on any atom is 0.253 e. The Labute approximate surface area is 184 Å². The van der Waals surface area contributed by atoms with Crippen molar-refractivity contribution in [1.82, 2.24) is 4.90 Å². The maximum atomic E-state index is 12.9. The van der Waals surface area contributed by atoms with Gasteiger partial charge in [-0.1, -0.05) is 18.3 Å². The van der Waals surface area contributed by atoms with Crippen LogP contribution in [0.25, 0.3) is 0 Å². The number of anilines is 1. The Balaban J connectivity index is 1.33.